The van der Waals surface area contributed by atoms with E-state index in [2.05, 4.69) is 11.1 Å². The summed E-state index contributed by atoms with van der Waals surface area (Å²) in [5.74, 6) is -0.0840. The molecule has 0 bridgehead atoms. The highest BCUT2D eigenvalue weighted by Crippen LogP contribution is 2.24. The first-order chi connectivity index (χ1) is 11.6. The lowest BCUT2D eigenvalue weighted by molar-refractivity contribution is 0.0702. The Morgan fingerprint density at radius 3 is 2.58 bits per heavy atom. The predicted molar refractivity (Wildman–Crippen MR) is 96.0 cm³/mol. The third kappa shape index (κ3) is 3.19. The summed E-state index contributed by atoms with van der Waals surface area (Å²) in [5, 5.41) is 10.4. The first-order valence-corrected chi connectivity index (χ1v) is 8.13. The van der Waals surface area contributed by atoms with Gasteiger partial charge in [0, 0.05) is 24.0 Å². The van der Waals surface area contributed by atoms with Gasteiger partial charge in [0.1, 0.15) is 5.69 Å². The molecule has 0 unspecified atom stereocenters. The summed E-state index contributed by atoms with van der Waals surface area (Å²) in [6.07, 6.45) is 0. The van der Waals surface area contributed by atoms with E-state index in [9.17, 15) is 9.90 Å². The summed E-state index contributed by atoms with van der Waals surface area (Å²) >= 11 is 0. The number of benzene rings is 2. The standard InChI is InChI=1S/C20H22N2O2/c1-14-8-9-18-17(12-14)15(2)19(21-18)20(24)22(10-11-23)13-16-6-4-3-5-7-16/h3-9,12,21,23H,10-11,13H2,1-2H3. The van der Waals surface area contributed by atoms with Crippen LogP contribution in [0.4, 0.5) is 0 Å². The molecule has 0 spiro atoms. The number of H-pyrrole nitrogens is 1. The summed E-state index contributed by atoms with van der Waals surface area (Å²) in [6, 6.07) is 15.9. The lowest BCUT2D eigenvalue weighted by Crippen LogP contribution is -2.33. The van der Waals surface area contributed by atoms with Crippen molar-refractivity contribution in [3.63, 3.8) is 0 Å². The Balaban J connectivity index is 1.94. The largest absolute Gasteiger partial charge is 0.395 e. The molecule has 0 saturated heterocycles. The van der Waals surface area contributed by atoms with Gasteiger partial charge in [-0.15, -0.1) is 0 Å². The van der Waals surface area contributed by atoms with Crippen LogP contribution in [0.5, 0.6) is 0 Å². The lowest BCUT2D eigenvalue weighted by atomic mass is 10.1. The van der Waals surface area contributed by atoms with Crippen LogP contribution >= 0.6 is 0 Å². The van der Waals surface area contributed by atoms with E-state index in [1.807, 2.05) is 56.3 Å². The number of aliphatic hydroxyl groups excluding tert-OH is 1. The van der Waals surface area contributed by atoms with Crippen LogP contribution < -0.4 is 0 Å². The molecule has 2 N–H and O–H groups in total. The van der Waals surface area contributed by atoms with Crippen LogP contribution in [0.15, 0.2) is 48.5 Å². The number of hydrogen-bond donors (Lipinski definition) is 2. The van der Waals surface area contributed by atoms with E-state index in [0.717, 1.165) is 22.0 Å². The van der Waals surface area contributed by atoms with Gasteiger partial charge in [-0.3, -0.25) is 4.79 Å². The summed E-state index contributed by atoms with van der Waals surface area (Å²) in [5.41, 5.74) is 4.73. The zero-order valence-electron chi connectivity index (χ0n) is 14.0. The van der Waals surface area contributed by atoms with Crippen LogP contribution in [0, 0.1) is 13.8 Å². The molecular formula is C20H22N2O2. The number of nitrogens with one attached hydrogen (secondary N) is 1. The number of fused-ring (bicyclic) bond motifs is 1. The number of aromatic amines is 1. The molecule has 0 aliphatic rings. The molecule has 0 saturated carbocycles. The fourth-order valence-corrected chi connectivity index (χ4v) is 2.99. The monoisotopic (exact) mass is 322 g/mol. The second kappa shape index (κ2) is 6.89. The molecule has 4 nitrogen and oxygen atoms in total. The molecule has 124 valence electrons. The van der Waals surface area contributed by atoms with Crippen LogP contribution in [0.25, 0.3) is 10.9 Å². The minimum atomic E-state index is -0.0840. The van der Waals surface area contributed by atoms with Crippen molar-refractivity contribution in [1.29, 1.82) is 0 Å². The molecular weight excluding hydrogens is 300 g/mol. The fourth-order valence-electron chi connectivity index (χ4n) is 2.99. The second-order valence-electron chi connectivity index (χ2n) is 6.11. The normalized spacial score (nSPS) is 11.0. The van der Waals surface area contributed by atoms with Crippen molar-refractivity contribution in [2.75, 3.05) is 13.2 Å². The third-order valence-corrected chi connectivity index (χ3v) is 4.30. The van der Waals surface area contributed by atoms with Crippen LogP contribution in [-0.2, 0) is 6.54 Å². The molecule has 0 aliphatic heterocycles. The molecule has 4 heteroatoms. The van der Waals surface area contributed by atoms with Crippen molar-refractivity contribution in [3.8, 4) is 0 Å². The zero-order valence-corrected chi connectivity index (χ0v) is 14.0. The van der Waals surface area contributed by atoms with E-state index in [-0.39, 0.29) is 12.5 Å². The molecule has 0 atom stereocenters. The van der Waals surface area contributed by atoms with E-state index in [1.54, 1.807) is 4.90 Å². The van der Waals surface area contributed by atoms with Crippen molar-refractivity contribution >= 4 is 16.8 Å². The number of carbonyl (C=O) groups is 1. The maximum Gasteiger partial charge on any atom is 0.270 e. The molecule has 0 fully saturated rings. The Morgan fingerprint density at radius 2 is 1.88 bits per heavy atom. The molecule has 24 heavy (non-hydrogen) atoms. The highest BCUT2D eigenvalue weighted by atomic mass is 16.3. The Morgan fingerprint density at radius 1 is 1.12 bits per heavy atom. The minimum absolute atomic E-state index is 0.0586. The van der Waals surface area contributed by atoms with Gasteiger partial charge in [-0.05, 0) is 37.1 Å². The van der Waals surface area contributed by atoms with Gasteiger partial charge < -0.3 is 15.0 Å². The average Bonchev–Trinajstić information content (AvgIpc) is 2.91. The molecule has 3 aromatic rings. The molecule has 1 heterocycles. The summed E-state index contributed by atoms with van der Waals surface area (Å²) < 4.78 is 0. The number of amides is 1. The predicted octanol–water partition coefficient (Wildman–Crippen LogP) is 3.42. The summed E-state index contributed by atoms with van der Waals surface area (Å²) in [4.78, 5) is 17.9. The number of hydrogen-bond acceptors (Lipinski definition) is 2. The second-order valence-corrected chi connectivity index (χ2v) is 6.11. The van der Waals surface area contributed by atoms with Gasteiger partial charge in [0.15, 0.2) is 0 Å². The quantitative estimate of drug-likeness (QED) is 0.756. The van der Waals surface area contributed by atoms with Crippen molar-refractivity contribution in [1.82, 2.24) is 9.88 Å². The van der Waals surface area contributed by atoms with Gasteiger partial charge in [0.05, 0.1) is 6.61 Å². The number of carbonyl (C=O) groups excluding carboxylic acids is 1. The number of aryl methyl sites for hydroxylation is 2. The van der Waals surface area contributed by atoms with Crippen LogP contribution in [0.1, 0.15) is 27.2 Å². The number of aromatic nitrogens is 1. The lowest BCUT2D eigenvalue weighted by Gasteiger charge is -2.21. The third-order valence-electron chi connectivity index (χ3n) is 4.30. The Hall–Kier alpha value is -2.59. The van der Waals surface area contributed by atoms with E-state index < -0.39 is 0 Å². The number of aliphatic hydroxyl groups is 1. The van der Waals surface area contributed by atoms with E-state index in [4.69, 9.17) is 0 Å². The SMILES string of the molecule is Cc1ccc2[nH]c(C(=O)N(CCO)Cc3ccccc3)c(C)c2c1. The summed E-state index contributed by atoms with van der Waals surface area (Å²) in [7, 11) is 0. The van der Waals surface area contributed by atoms with E-state index in [1.165, 1.54) is 5.56 Å². The topological polar surface area (TPSA) is 56.3 Å². The summed E-state index contributed by atoms with van der Waals surface area (Å²) in [6.45, 7) is 4.73. The first kappa shape index (κ1) is 16.3. The average molecular weight is 322 g/mol. The molecule has 1 amide bonds. The molecule has 0 radical (unpaired) electrons. The number of nitrogens with zero attached hydrogens (tertiary/aromatic N) is 1. The van der Waals surface area contributed by atoms with Crippen LogP contribution in [-0.4, -0.2) is 34.0 Å². The van der Waals surface area contributed by atoms with Gasteiger partial charge in [0.25, 0.3) is 5.91 Å². The Kier molecular flexibility index (Phi) is 4.67. The van der Waals surface area contributed by atoms with Gasteiger partial charge in [-0.1, -0.05) is 42.0 Å². The van der Waals surface area contributed by atoms with Crippen LogP contribution in [0.2, 0.25) is 0 Å². The highest BCUT2D eigenvalue weighted by Gasteiger charge is 2.21. The highest BCUT2D eigenvalue weighted by molar-refractivity contribution is 6.01. The van der Waals surface area contributed by atoms with Crippen molar-refractivity contribution in [3.05, 3.63) is 70.9 Å². The van der Waals surface area contributed by atoms with Gasteiger partial charge >= 0.3 is 0 Å². The Bertz CT molecular complexity index is 853. The smallest absolute Gasteiger partial charge is 0.270 e. The fraction of sp³-hybridized carbons (Fsp3) is 0.250. The molecule has 1 aromatic heterocycles. The molecule has 0 aliphatic carbocycles. The van der Waals surface area contributed by atoms with Gasteiger partial charge in [-0.2, -0.15) is 0 Å². The van der Waals surface area contributed by atoms with E-state index >= 15 is 0 Å². The first-order valence-electron chi connectivity index (χ1n) is 8.13. The maximum absolute atomic E-state index is 13.0. The van der Waals surface area contributed by atoms with Crippen molar-refractivity contribution in [2.45, 2.75) is 20.4 Å². The maximum atomic E-state index is 13.0. The Labute approximate surface area is 141 Å². The van der Waals surface area contributed by atoms with E-state index in [0.29, 0.717) is 18.8 Å². The van der Waals surface area contributed by atoms with Crippen molar-refractivity contribution < 1.29 is 9.90 Å². The minimum Gasteiger partial charge on any atom is -0.395 e. The van der Waals surface area contributed by atoms with Gasteiger partial charge in [0.2, 0.25) is 0 Å². The van der Waals surface area contributed by atoms with Crippen LogP contribution in [0.3, 0.4) is 0 Å². The van der Waals surface area contributed by atoms with Gasteiger partial charge in [-0.25, -0.2) is 0 Å². The molecule has 3 rings (SSSR count). The molecule has 2 aromatic carbocycles. The zero-order chi connectivity index (χ0) is 17.1. The van der Waals surface area contributed by atoms with Crippen molar-refractivity contribution in [2.24, 2.45) is 0 Å². The number of rotatable bonds is 5.